The highest BCUT2D eigenvalue weighted by molar-refractivity contribution is 6.22. The summed E-state index contributed by atoms with van der Waals surface area (Å²) in [5.41, 5.74) is 8.83. The third-order valence-corrected chi connectivity index (χ3v) is 7.55. The number of fused-ring (bicyclic) bond motifs is 1. The number of likely N-dealkylation sites (N-methyl/N-ethyl adjacent to an activating group) is 1. The monoisotopic (exact) mass is 546 g/mol. The van der Waals surface area contributed by atoms with Gasteiger partial charge in [-0.3, -0.25) is 14.6 Å². The van der Waals surface area contributed by atoms with Crippen LogP contribution in [0.25, 0.3) is 11.1 Å². The lowest BCUT2D eigenvalue weighted by atomic mass is 9.79. The molecule has 2 aromatic heterocycles. The molecule has 0 bridgehead atoms. The minimum atomic E-state index is -0.540. The SMILES string of the molecule is COc1cc(/C(=C/N)C(C)=NC2CCN(C(=O)C3(C)CN(C(=O)/C=C/CN(C)C)C3)CC2)cn2ncc(C#N)c12. The van der Waals surface area contributed by atoms with E-state index < -0.39 is 5.41 Å². The van der Waals surface area contributed by atoms with Gasteiger partial charge in [-0.05, 0) is 46.9 Å². The van der Waals surface area contributed by atoms with Gasteiger partial charge in [0.1, 0.15) is 22.9 Å². The number of nitriles is 1. The molecule has 212 valence electrons. The quantitative estimate of drug-likeness (QED) is 0.395. The molecule has 2 aliphatic rings. The lowest BCUT2D eigenvalue weighted by molar-refractivity contribution is -0.157. The first kappa shape index (κ1) is 28.8. The second-order valence-corrected chi connectivity index (χ2v) is 11.0. The van der Waals surface area contributed by atoms with E-state index in [1.165, 1.54) is 12.4 Å². The first-order valence-electron chi connectivity index (χ1n) is 13.4. The molecule has 4 heterocycles. The van der Waals surface area contributed by atoms with Crippen LogP contribution in [0.3, 0.4) is 0 Å². The fourth-order valence-corrected chi connectivity index (χ4v) is 5.37. The maximum atomic E-state index is 13.3. The number of ether oxygens (including phenoxy) is 1. The molecule has 2 aromatic rings. The molecular weight excluding hydrogens is 508 g/mol. The van der Waals surface area contributed by atoms with E-state index in [-0.39, 0.29) is 17.9 Å². The summed E-state index contributed by atoms with van der Waals surface area (Å²) in [6, 6.07) is 4.03. The zero-order valence-electron chi connectivity index (χ0n) is 23.9. The Morgan fingerprint density at radius 3 is 2.60 bits per heavy atom. The Kier molecular flexibility index (Phi) is 8.59. The number of methoxy groups -OCH3 is 1. The second-order valence-electron chi connectivity index (χ2n) is 11.0. The van der Waals surface area contributed by atoms with Crippen LogP contribution in [0.5, 0.6) is 5.75 Å². The standard InChI is InChI=1S/C29H38N8O3/c1-20(24(15-31)21-13-25(40-5)27-22(14-30)16-32-37(27)17-21)33-23-8-11-35(12-9-23)28(39)29(2)18-36(19-29)26(38)7-6-10-34(3)4/h6-7,13,15-17,23H,8-12,18-19,31H2,1-5H3/b7-6+,24-15+,33-20?. The Bertz CT molecular complexity index is 1400. The molecule has 0 spiro atoms. The molecule has 0 aliphatic carbocycles. The topological polar surface area (TPSA) is 133 Å². The number of likely N-dealkylation sites (tertiary alicyclic amines) is 2. The molecule has 2 N–H and O–H groups in total. The average Bonchev–Trinajstić information content (AvgIpc) is 3.34. The van der Waals surface area contributed by atoms with Crippen LogP contribution in [0.4, 0.5) is 0 Å². The normalized spacial score (nSPS) is 18.3. The van der Waals surface area contributed by atoms with E-state index in [9.17, 15) is 14.9 Å². The number of carbonyl (C=O) groups excluding carboxylic acids is 2. The van der Waals surface area contributed by atoms with Gasteiger partial charge in [-0.25, -0.2) is 4.52 Å². The van der Waals surface area contributed by atoms with Crippen molar-refractivity contribution in [3.63, 3.8) is 0 Å². The van der Waals surface area contributed by atoms with E-state index in [2.05, 4.69) is 11.2 Å². The third kappa shape index (κ3) is 5.87. The highest BCUT2D eigenvalue weighted by atomic mass is 16.5. The Hall–Kier alpha value is -4.17. The van der Waals surface area contributed by atoms with Crippen molar-refractivity contribution < 1.29 is 14.3 Å². The minimum absolute atomic E-state index is 0.0470. The van der Waals surface area contributed by atoms with Crippen molar-refractivity contribution in [2.75, 3.05) is 53.9 Å². The molecule has 11 heteroatoms. The number of amides is 2. The number of nitrogens with zero attached hydrogens (tertiary/aromatic N) is 7. The molecule has 0 atom stereocenters. The number of aliphatic imine (C=N–C) groups is 1. The third-order valence-electron chi connectivity index (χ3n) is 7.55. The molecule has 40 heavy (non-hydrogen) atoms. The summed E-state index contributed by atoms with van der Waals surface area (Å²) < 4.78 is 7.14. The van der Waals surface area contributed by atoms with Crippen molar-refractivity contribution in [2.45, 2.75) is 32.7 Å². The molecular formula is C29H38N8O3. The van der Waals surface area contributed by atoms with Crippen LogP contribution >= 0.6 is 0 Å². The number of pyridine rings is 1. The van der Waals surface area contributed by atoms with Crippen molar-refractivity contribution in [3.05, 3.63) is 47.9 Å². The van der Waals surface area contributed by atoms with Gasteiger partial charge in [0.25, 0.3) is 0 Å². The molecule has 11 nitrogen and oxygen atoms in total. The van der Waals surface area contributed by atoms with Gasteiger partial charge in [-0.1, -0.05) is 6.08 Å². The minimum Gasteiger partial charge on any atom is -0.494 e. The van der Waals surface area contributed by atoms with Crippen molar-refractivity contribution in [3.8, 4) is 11.8 Å². The van der Waals surface area contributed by atoms with E-state index in [0.717, 1.165) is 29.7 Å². The Labute approximate surface area is 235 Å². The van der Waals surface area contributed by atoms with Gasteiger partial charge in [-0.2, -0.15) is 10.4 Å². The summed E-state index contributed by atoms with van der Waals surface area (Å²) in [5.74, 6) is 0.584. The Morgan fingerprint density at radius 1 is 1.30 bits per heavy atom. The van der Waals surface area contributed by atoms with Crippen molar-refractivity contribution >= 4 is 28.6 Å². The van der Waals surface area contributed by atoms with Gasteiger partial charge in [0, 0.05) is 68.0 Å². The average molecular weight is 547 g/mol. The largest absolute Gasteiger partial charge is 0.494 e. The maximum absolute atomic E-state index is 13.3. The van der Waals surface area contributed by atoms with Gasteiger partial charge < -0.3 is 25.2 Å². The molecule has 0 radical (unpaired) electrons. The number of hydrogen-bond acceptors (Lipinski definition) is 8. The zero-order chi connectivity index (χ0) is 29.0. The summed E-state index contributed by atoms with van der Waals surface area (Å²) in [5, 5.41) is 13.7. The number of nitrogens with two attached hydrogens (primary N) is 1. The van der Waals surface area contributed by atoms with Crippen LogP contribution in [0.1, 0.15) is 37.8 Å². The smallest absolute Gasteiger partial charge is 0.246 e. The first-order valence-corrected chi connectivity index (χ1v) is 13.4. The van der Waals surface area contributed by atoms with Gasteiger partial charge in [0.2, 0.25) is 11.8 Å². The van der Waals surface area contributed by atoms with E-state index in [1.807, 2.05) is 56.1 Å². The fraction of sp³-hybridized carbons (Fsp3) is 0.483. The van der Waals surface area contributed by atoms with Crippen LogP contribution in [-0.2, 0) is 9.59 Å². The highest BCUT2D eigenvalue weighted by Crippen LogP contribution is 2.34. The van der Waals surface area contributed by atoms with Crippen LogP contribution < -0.4 is 10.5 Å². The second kappa shape index (κ2) is 11.9. The Balaban J connectivity index is 1.36. The van der Waals surface area contributed by atoms with Gasteiger partial charge in [0.05, 0.1) is 24.8 Å². The molecule has 0 unspecified atom stereocenters. The van der Waals surface area contributed by atoms with Crippen molar-refractivity contribution in [1.29, 1.82) is 5.26 Å². The first-order chi connectivity index (χ1) is 19.1. The van der Waals surface area contributed by atoms with Crippen LogP contribution in [0.2, 0.25) is 0 Å². The summed E-state index contributed by atoms with van der Waals surface area (Å²) in [6.45, 7) is 6.70. The number of carbonyl (C=O) groups is 2. The van der Waals surface area contributed by atoms with Crippen molar-refractivity contribution in [2.24, 2.45) is 16.1 Å². The number of aromatic nitrogens is 2. The molecule has 2 fully saturated rings. The van der Waals surface area contributed by atoms with Crippen LogP contribution in [-0.4, -0.2) is 102 Å². The van der Waals surface area contributed by atoms with Crippen LogP contribution in [0.15, 0.2) is 41.8 Å². The molecule has 2 amide bonds. The molecule has 2 saturated heterocycles. The summed E-state index contributed by atoms with van der Waals surface area (Å²) >= 11 is 0. The van der Waals surface area contributed by atoms with E-state index in [0.29, 0.717) is 49.6 Å². The number of hydrogen-bond donors (Lipinski definition) is 1. The molecule has 0 saturated carbocycles. The predicted molar refractivity (Wildman–Crippen MR) is 154 cm³/mol. The van der Waals surface area contributed by atoms with Gasteiger partial charge in [0.15, 0.2) is 0 Å². The summed E-state index contributed by atoms with van der Waals surface area (Å²) in [6.07, 6.45) is 9.77. The summed E-state index contributed by atoms with van der Waals surface area (Å²) in [4.78, 5) is 36.2. The number of piperidine rings is 1. The highest BCUT2D eigenvalue weighted by Gasteiger charge is 2.48. The van der Waals surface area contributed by atoms with Crippen molar-refractivity contribution in [1.82, 2.24) is 24.3 Å². The Morgan fingerprint density at radius 2 is 2.00 bits per heavy atom. The molecule has 4 rings (SSSR count). The summed E-state index contributed by atoms with van der Waals surface area (Å²) in [7, 11) is 5.45. The molecule has 0 aromatic carbocycles. The van der Waals surface area contributed by atoms with E-state index in [1.54, 1.807) is 22.6 Å². The zero-order valence-corrected chi connectivity index (χ0v) is 23.9. The fourth-order valence-electron chi connectivity index (χ4n) is 5.37. The number of rotatable bonds is 8. The van der Waals surface area contributed by atoms with E-state index in [4.69, 9.17) is 15.5 Å². The predicted octanol–water partition coefficient (Wildman–Crippen LogP) is 1.93. The lowest BCUT2D eigenvalue weighted by Crippen LogP contribution is -2.64. The van der Waals surface area contributed by atoms with Crippen LogP contribution in [0, 0.1) is 16.7 Å². The number of allylic oxidation sites excluding steroid dienone is 1. The van der Waals surface area contributed by atoms with E-state index >= 15 is 0 Å². The van der Waals surface area contributed by atoms with Gasteiger partial charge >= 0.3 is 0 Å². The molecule has 2 aliphatic heterocycles. The maximum Gasteiger partial charge on any atom is 0.246 e. The lowest BCUT2D eigenvalue weighted by Gasteiger charge is -2.49. The van der Waals surface area contributed by atoms with Gasteiger partial charge in [-0.15, -0.1) is 0 Å².